The van der Waals surface area contributed by atoms with Crippen LogP contribution in [-0.2, 0) is 12.8 Å². The zero-order chi connectivity index (χ0) is 22.6. The number of carbonyl (C=O) groups excluding carboxylic acids is 1. The quantitative estimate of drug-likeness (QED) is 0.345. The van der Waals surface area contributed by atoms with Crippen molar-refractivity contribution >= 4 is 22.6 Å². The lowest BCUT2D eigenvalue weighted by molar-refractivity contribution is 0.102. The normalized spacial score (nSPS) is 10.9. The standard InChI is InChI=1S/C28H22FN3O/c29-22-15-13-21(14-16-22)28(33)30-23-17-10-20(11-18-23)12-19-27-31-25-8-4-5-9-26(25)32(27)24-6-2-1-3-7-24/h1-11,13-18H,12,19H2,(H,30,33). The van der Waals surface area contributed by atoms with Gasteiger partial charge in [-0.25, -0.2) is 9.37 Å². The summed E-state index contributed by atoms with van der Waals surface area (Å²) in [6, 6.07) is 31.7. The Labute approximate surface area is 191 Å². The van der Waals surface area contributed by atoms with Crippen LogP contribution < -0.4 is 5.32 Å². The van der Waals surface area contributed by atoms with E-state index in [1.807, 2.05) is 60.7 Å². The molecule has 5 aromatic rings. The summed E-state index contributed by atoms with van der Waals surface area (Å²) in [7, 11) is 0. The van der Waals surface area contributed by atoms with Crippen molar-refractivity contribution in [2.24, 2.45) is 0 Å². The van der Waals surface area contributed by atoms with Crippen molar-refractivity contribution in [2.45, 2.75) is 12.8 Å². The predicted molar refractivity (Wildman–Crippen MR) is 129 cm³/mol. The van der Waals surface area contributed by atoms with Crippen LogP contribution in [0.25, 0.3) is 16.7 Å². The summed E-state index contributed by atoms with van der Waals surface area (Å²) < 4.78 is 15.3. The molecule has 0 aliphatic carbocycles. The Hall–Kier alpha value is -4.25. The number of carbonyl (C=O) groups is 1. The number of halogens is 1. The fourth-order valence-electron chi connectivity index (χ4n) is 3.92. The molecule has 1 N–H and O–H groups in total. The van der Waals surface area contributed by atoms with Gasteiger partial charge in [0.1, 0.15) is 11.6 Å². The lowest BCUT2D eigenvalue weighted by Gasteiger charge is -2.10. The highest BCUT2D eigenvalue weighted by atomic mass is 19.1. The topological polar surface area (TPSA) is 46.9 Å². The summed E-state index contributed by atoms with van der Waals surface area (Å²) in [6.45, 7) is 0. The number of anilines is 1. The van der Waals surface area contributed by atoms with E-state index >= 15 is 0 Å². The highest BCUT2D eigenvalue weighted by Gasteiger charge is 2.12. The number of amides is 1. The maximum absolute atomic E-state index is 13.1. The first kappa shape index (κ1) is 20.6. The van der Waals surface area contributed by atoms with Crippen LogP contribution in [0.2, 0.25) is 0 Å². The summed E-state index contributed by atoms with van der Waals surface area (Å²) >= 11 is 0. The van der Waals surface area contributed by atoms with Gasteiger partial charge in [-0.3, -0.25) is 9.36 Å². The number of hydrogen-bond donors (Lipinski definition) is 1. The molecule has 162 valence electrons. The Bertz CT molecular complexity index is 1390. The minimum Gasteiger partial charge on any atom is -0.322 e. The molecule has 0 radical (unpaired) electrons. The molecule has 4 aromatic carbocycles. The number of fused-ring (bicyclic) bond motifs is 1. The fourth-order valence-corrected chi connectivity index (χ4v) is 3.92. The van der Waals surface area contributed by atoms with Gasteiger partial charge in [0.05, 0.1) is 11.0 Å². The van der Waals surface area contributed by atoms with E-state index in [4.69, 9.17) is 4.98 Å². The Kier molecular flexibility index (Phi) is 5.68. The molecule has 4 nitrogen and oxygen atoms in total. The van der Waals surface area contributed by atoms with Gasteiger partial charge in [0.2, 0.25) is 0 Å². The van der Waals surface area contributed by atoms with Crippen LogP contribution in [0.1, 0.15) is 21.7 Å². The van der Waals surface area contributed by atoms with E-state index in [1.54, 1.807) is 0 Å². The number of imidazole rings is 1. The Morgan fingerprint density at radius 2 is 1.48 bits per heavy atom. The summed E-state index contributed by atoms with van der Waals surface area (Å²) in [5.41, 5.74) is 5.44. The van der Waals surface area contributed by atoms with Crippen LogP contribution in [0, 0.1) is 5.82 Å². The molecule has 33 heavy (non-hydrogen) atoms. The lowest BCUT2D eigenvalue weighted by Crippen LogP contribution is -2.11. The molecule has 1 amide bonds. The fraction of sp³-hybridized carbons (Fsp3) is 0.0714. The van der Waals surface area contributed by atoms with E-state index < -0.39 is 0 Å². The van der Waals surface area contributed by atoms with Gasteiger partial charge in [-0.1, -0.05) is 42.5 Å². The smallest absolute Gasteiger partial charge is 0.255 e. The molecule has 0 unspecified atom stereocenters. The molecule has 0 bridgehead atoms. The van der Waals surface area contributed by atoms with Gasteiger partial charge in [-0.15, -0.1) is 0 Å². The van der Waals surface area contributed by atoms with Gasteiger partial charge >= 0.3 is 0 Å². The van der Waals surface area contributed by atoms with E-state index in [2.05, 4.69) is 28.1 Å². The van der Waals surface area contributed by atoms with Crippen LogP contribution >= 0.6 is 0 Å². The second-order valence-electron chi connectivity index (χ2n) is 7.85. The first-order valence-electron chi connectivity index (χ1n) is 10.8. The first-order valence-corrected chi connectivity index (χ1v) is 10.8. The first-order chi connectivity index (χ1) is 16.2. The molecule has 0 atom stereocenters. The van der Waals surface area contributed by atoms with E-state index in [1.165, 1.54) is 24.3 Å². The molecular weight excluding hydrogens is 413 g/mol. The van der Waals surface area contributed by atoms with Crippen molar-refractivity contribution in [1.82, 2.24) is 9.55 Å². The average Bonchev–Trinajstić information content (AvgIpc) is 3.23. The van der Waals surface area contributed by atoms with Gasteiger partial charge in [0, 0.05) is 23.4 Å². The SMILES string of the molecule is O=C(Nc1ccc(CCc2nc3ccccc3n2-c2ccccc2)cc1)c1ccc(F)cc1. The summed E-state index contributed by atoms with van der Waals surface area (Å²) in [5, 5.41) is 2.85. The third-order valence-electron chi connectivity index (χ3n) is 5.60. The van der Waals surface area contributed by atoms with Crippen LogP contribution in [0.3, 0.4) is 0 Å². The monoisotopic (exact) mass is 435 g/mol. The maximum atomic E-state index is 13.1. The van der Waals surface area contributed by atoms with Crippen LogP contribution in [0.5, 0.6) is 0 Å². The molecule has 5 heteroatoms. The molecule has 0 aliphatic heterocycles. The van der Waals surface area contributed by atoms with E-state index in [9.17, 15) is 9.18 Å². The van der Waals surface area contributed by atoms with Crippen molar-refractivity contribution < 1.29 is 9.18 Å². The van der Waals surface area contributed by atoms with E-state index in [-0.39, 0.29) is 11.7 Å². The largest absolute Gasteiger partial charge is 0.322 e. The van der Waals surface area contributed by atoms with E-state index in [0.29, 0.717) is 11.3 Å². The number of para-hydroxylation sites is 3. The highest BCUT2D eigenvalue weighted by Crippen LogP contribution is 2.23. The van der Waals surface area contributed by atoms with Crippen molar-refractivity contribution in [2.75, 3.05) is 5.32 Å². The third kappa shape index (κ3) is 4.53. The summed E-state index contributed by atoms with van der Waals surface area (Å²) in [4.78, 5) is 17.2. The number of benzene rings is 4. The molecule has 0 saturated heterocycles. The number of aryl methyl sites for hydroxylation is 2. The number of aromatic nitrogens is 2. The molecule has 1 heterocycles. The summed E-state index contributed by atoms with van der Waals surface area (Å²) in [6.07, 6.45) is 1.60. The Morgan fingerprint density at radius 1 is 0.788 bits per heavy atom. The molecular formula is C28H22FN3O. The number of nitrogens with zero attached hydrogens (tertiary/aromatic N) is 2. The number of rotatable bonds is 6. The van der Waals surface area contributed by atoms with Gasteiger partial charge < -0.3 is 5.32 Å². The van der Waals surface area contributed by atoms with Crippen LogP contribution in [0.4, 0.5) is 10.1 Å². The van der Waals surface area contributed by atoms with Crippen molar-refractivity contribution in [3.63, 3.8) is 0 Å². The Morgan fingerprint density at radius 3 is 2.24 bits per heavy atom. The Balaban J connectivity index is 1.31. The van der Waals surface area contributed by atoms with Crippen molar-refractivity contribution in [1.29, 1.82) is 0 Å². The molecule has 0 spiro atoms. The molecule has 0 saturated carbocycles. The van der Waals surface area contributed by atoms with Crippen LogP contribution in [-0.4, -0.2) is 15.5 Å². The highest BCUT2D eigenvalue weighted by molar-refractivity contribution is 6.04. The van der Waals surface area contributed by atoms with Gasteiger partial charge in [-0.2, -0.15) is 0 Å². The number of nitrogens with one attached hydrogen (secondary N) is 1. The van der Waals surface area contributed by atoms with Crippen LogP contribution in [0.15, 0.2) is 103 Å². The van der Waals surface area contributed by atoms with Crippen molar-refractivity contribution in [3.8, 4) is 5.69 Å². The third-order valence-corrected chi connectivity index (χ3v) is 5.60. The van der Waals surface area contributed by atoms with Gasteiger partial charge in [-0.05, 0) is 72.6 Å². The lowest BCUT2D eigenvalue weighted by atomic mass is 10.1. The molecule has 5 rings (SSSR count). The zero-order valence-electron chi connectivity index (χ0n) is 17.9. The summed E-state index contributed by atoms with van der Waals surface area (Å²) in [5.74, 6) is 0.382. The molecule has 1 aromatic heterocycles. The molecule has 0 aliphatic rings. The van der Waals surface area contributed by atoms with Gasteiger partial charge in [0.25, 0.3) is 5.91 Å². The predicted octanol–water partition coefficient (Wildman–Crippen LogP) is 6.20. The second kappa shape index (κ2) is 9.09. The van der Waals surface area contributed by atoms with Gasteiger partial charge in [0.15, 0.2) is 0 Å². The van der Waals surface area contributed by atoms with Crippen molar-refractivity contribution in [3.05, 3.63) is 126 Å². The minimum absolute atomic E-state index is 0.265. The second-order valence-corrected chi connectivity index (χ2v) is 7.85. The maximum Gasteiger partial charge on any atom is 0.255 e. The molecule has 0 fully saturated rings. The zero-order valence-corrected chi connectivity index (χ0v) is 17.9. The van der Waals surface area contributed by atoms with E-state index in [0.717, 1.165) is 41.0 Å². The number of hydrogen-bond acceptors (Lipinski definition) is 2. The average molecular weight is 436 g/mol. The minimum atomic E-state index is -0.364.